The molecule has 1 rings (SSSR count). The zero-order chi connectivity index (χ0) is 24.7. The minimum absolute atomic E-state index is 0. The number of cyclic esters (lactones) is 1. The number of ether oxygens (including phenoxy) is 2. The van der Waals surface area contributed by atoms with E-state index in [0.29, 0.717) is 6.42 Å². The average molecular weight is 560 g/mol. The Morgan fingerprint density at radius 2 is 1.39 bits per heavy atom. The van der Waals surface area contributed by atoms with Gasteiger partial charge in [0.2, 0.25) is 5.76 Å². The first-order chi connectivity index (χ1) is 15.7. The third-order valence-electron chi connectivity index (χ3n) is 5.35. The van der Waals surface area contributed by atoms with Gasteiger partial charge in [0.1, 0.15) is 26.6 Å². The van der Waals surface area contributed by atoms with Crippen molar-refractivity contribution < 1.29 is 137 Å². The van der Waals surface area contributed by atoms with Crippen LogP contribution in [0.2, 0.25) is 0 Å². The maximum atomic E-state index is 11.9. The quantitative estimate of drug-likeness (QED) is 0.0694. The molecule has 192 valence electrons. The van der Waals surface area contributed by atoms with Crippen LogP contribution in [0.15, 0.2) is 11.5 Å². The number of phosphoric ester groups is 1. The van der Waals surface area contributed by atoms with Crippen LogP contribution < -0.4 is 104 Å². The van der Waals surface area contributed by atoms with Crippen molar-refractivity contribution in [2.45, 2.75) is 109 Å². The van der Waals surface area contributed by atoms with Gasteiger partial charge in [-0.3, -0.25) is 4.79 Å². The van der Waals surface area contributed by atoms with Crippen molar-refractivity contribution >= 4 is 19.8 Å². The van der Waals surface area contributed by atoms with Crippen molar-refractivity contribution in [1.29, 1.82) is 0 Å². The largest absolute Gasteiger partial charge is 1.00 e. The summed E-state index contributed by atoms with van der Waals surface area (Å²) in [6.45, 7) is 1.59. The molecule has 0 saturated heterocycles. The van der Waals surface area contributed by atoms with Crippen molar-refractivity contribution in [3.05, 3.63) is 11.5 Å². The van der Waals surface area contributed by atoms with E-state index < -0.39 is 50.1 Å². The van der Waals surface area contributed by atoms with Crippen LogP contribution in [-0.2, 0) is 28.2 Å². The molecule has 0 spiro atoms. The molecular weight excluding hydrogens is 524 g/mol. The van der Waals surface area contributed by atoms with Crippen molar-refractivity contribution in [2.24, 2.45) is 0 Å². The summed E-state index contributed by atoms with van der Waals surface area (Å²) < 4.78 is 23.8. The summed E-state index contributed by atoms with van der Waals surface area (Å²) in [6, 6.07) is 0. The Balaban J connectivity index is -0.00000363. The second kappa shape index (κ2) is 24.2. The number of phosphoric acid groups is 1. The number of hydrogen-bond acceptors (Lipinski definition) is 10. The smallest absolute Gasteiger partial charge is 0.870 e. The number of aliphatic hydroxyl groups excluding tert-OH is 1. The van der Waals surface area contributed by atoms with Gasteiger partial charge in [0.15, 0.2) is 0 Å². The predicted octanol–water partition coefficient (Wildman–Crippen LogP) is -7.27. The molecule has 0 radical (unpaired) electrons. The fourth-order valence-corrected chi connectivity index (χ4v) is 3.91. The molecule has 1 N–H and O–H groups in total. The standard InChI is InChI=1S/C22H39O10P.3Na/c1-2-3-4-5-6-7-8-9-10-11-12-13-14-15-18(24)30-16-17(23)20-19(25)21(22(26)31-20)32-33(27,28)29;;;/h17,20,23,25H,2-16H2,1H3,(H2,27,28,29);;;/q;3*+1/p-3. The molecule has 1 heterocycles. The van der Waals surface area contributed by atoms with Gasteiger partial charge in [-0.1, -0.05) is 84.0 Å². The number of carbonyl (C=O) groups is 2. The first-order valence-corrected chi connectivity index (χ1v) is 13.3. The van der Waals surface area contributed by atoms with E-state index in [0.717, 1.165) is 19.3 Å². The van der Waals surface area contributed by atoms with Gasteiger partial charge < -0.3 is 38.6 Å². The molecule has 2 unspecified atom stereocenters. The van der Waals surface area contributed by atoms with Crippen molar-refractivity contribution in [3.63, 3.8) is 0 Å². The summed E-state index contributed by atoms with van der Waals surface area (Å²) >= 11 is 0. The van der Waals surface area contributed by atoms with Crippen LogP contribution in [-0.4, -0.2) is 35.9 Å². The van der Waals surface area contributed by atoms with E-state index in [4.69, 9.17) is 4.74 Å². The van der Waals surface area contributed by atoms with Gasteiger partial charge in [-0.15, -0.1) is 0 Å². The molecule has 36 heavy (non-hydrogen) atoms. The molecule has 0 bridgehead atoms. The molecule has 0 saturated carbocycles. The molecule has 0 fully saturated rings. The summed E-state index contributed by atoms with van der Waals surface area (Å²) in [5, 5.41) is 21.8. The van der Waals surface area contributed by atoms with Gasteiger partial charge in [0.05, 0.1) is 0 Å². The maximum absolute atomic E-state index is 11.9. The number of aliphatic hydroxyl groups is 1. The third-order valence-corrected chi connectivity index (χ3v) is 5.76. The van der Waals surface area contributed by atoms with E-state index in [2.05, 4.69) is 16.2 Å². The molecule has 1 aliphatic rings. The van der Waals surface area contributed by atoms with E-state index in [9.17, 15) is 34.2 Å². The van der Waals surface area contributed by atoms with Crippen molar-refractivity contribution in [1.82, 2.24) is 0 Å². The summed E-state index contributed by atoms with van der Waals surface area (Å²) in [7, 11) is -5.64. The van der Waals surface area contributed by atoms with Gasteiger partial charge >= 0.3 is 101 Å². The second-order valence-corrected chi connectivity index (χ2v) is 9.38. The summed E-state index contributed by atoms with van der Waals surface area (Å²) in [5.74, 6) is -4.66. The molecule has 0 aliphatic carbocycles. The normalized spacial score (nSPS) is 15.8. The van der Waals surface area contributed by atoms with E-state index >= 15 is 0 Å². The Kier molecular flexibility index (Phi) is 28.2. The van der Waals surface area contributed by atoms with Crippen LogP contribution in [0.4, 0.5) is 0 Å². The molecule has 0 aromatic heterocycles. The Labute approximate surface area is 280 Å². The van der Waals surface area contributed by atoms with E-state index in [-0.39, 0.29) is 95.1 Å². The van der Waals surface area contributed by atoms with Crippen LogP contribution in [0.1, 0.15) is 96.8 Å². The van der Waals surface area contributed by atoms with Crippen LogP contribution in [0.25, 0.3) is 0 Å². The second-order valence-electron chi connectivity index (χ2n) is 8.30. The number of unbranched alkanes of at least 4 members (excludes halogenated alkanes) is 12. The molecular formula is C22H36Na3O10P. The Morgan fingerprint density at radius 1 is 0.944 bits per heavy atom. The molecule has 0 aromatic carbocycles. The van der Waals surface area contributed by atoms with Gasteiger partial charge in [-0.2, -0.15) is 0 Å². The summed E-state index contributed by atoms with van der Waals surface area (Å²) in [4.78, 5) is 44.4. The minimum Gasteiger partial charge on any atom is -0.870 e. The third kappa shape index (κ3) is 19.4. The van der Waals surface area contributed by atoms with Gasteiger partial charge in [-0.25, -0.2) is 4.79 Å². The predicted molar refractivity (Wildman–Crippen MR) is 113 cm³/mol. The van der Waals surface area contributed by atoms with E-state index in [1.54, 1.807) is 0 Å². The fraction of sp³-hybridized carbons (Fsp3) is 0.818. The molecule has 0 aromatic rings. The molecule has 0 amide bonds. The number of rotatable bonds is 19. The molecule has 10 nitrogen and oxygen atoms in total. The SMILES string of the molecule is CCCCCCCCCCCCCCCC(=O)OCC(O)C1OC(=O)C(OP(=O)([O-])[O-])=C1[O-].[Na+].[Na+].[Na+]. The van der Waals surface area contributed by atoms with Crippen molar-refractivity contribution in [3.8, 4) is 0 Å². The Hall–Kier alpha value is 1.39. The van der Waals surface area contributed by atoms with Gasteiger partial charge in [0.25, 0.3) is 0 Å². The topological polar surface area (TPSA) is 168 Å². The van der Waals surface area contributed by atoms with Crippen LogP contribution in [0, 0.1) is 0 Å². The zero-order valence-corrected chi connectivity index (χ0v) is 29.2. The first kappa shape index (κ1) is 41.9. The Morgan fingerprint density at radius 3 is 1.83 bits per heavy atom. The van der Waals surface area contributed by atoms with E-state index in [1.165, 1.54) is 57.8 Å². The van der Waals surface area contributed by atoms with Gasteiger partial charge in [-0.05, 0) is 12.2 Å². The van der Waals surface area contributed by atoms with Crippen LogP contribution >= 0.6 is 7.82 Å². The van der Waals surface area contributed by atoms with Crippen molar-refractivity contribution in [2.75, 3.05) is 6.61 Å². The van der Waals surface area contributed by atoms with Crippen LogP contribution in [0.3, 0.4) is 0 Å². The summed E-state index contributed by atoms with van der Waals surface area (Å²) in [6.07, 6.45) is 11.9. The first-order valence-electron chi connectivity index (χ1n) is 11.8. The maximum Gasteiger partial charge on any atom is 1.00 e. The molecule has 1 aliphatic heterocycles. The minimum atomic E-state index is -5.64. The zero-order valence-electron chi connectivity index (χ0n) is 22.3. The molecule has 2 atom stereocenters. The molecule has 14 heteroatoms. The van der Waals surface area contributed by atoms with E-state index in [1.807, 2.05) is 0 Å². The van der Waals surface area contributed by atoms with Crippen LogP contribution in [0.5, 0.6) is 0 Å². The average Bonchev–Trinajstić information content (AvgIpc) is 3.02. The van der Waals surface area contributed by atoms with Gasteiger partial charge in [0, 0.05) is 6.42 Å². The number of carbonyl (C=O) groups excluding carboxylic acids is 2. The Bertz CT molecular complexity index is 687. The monoisotopic (exact) mass is 560 g/mol. The summed E-state index contributed by atoms with van der Waals surface area (Å²) in [5.41, 5.74) is 0. The number of hydrogen-bond donors (Lipinski definition) is 1. The fourth-order valence-electron chi connectivity index (χ4n) is 3.52. The number of esters is 2.